The second-order valence-corrected chi connectivity index (χ2v) is 13.7. The Labute approximate surface area is 293 Å². The van der Waals surface area contributed by atoms with Gasteiger partial charge in [-0.05, 0) is 44.9 Å². The molecule has 8 atom stereocenters. The average molecular weight is 722 g/mol. The molecule has 1 heterocycles. The SMILES string of the molecule is CCCCC/C=C\C=C/CCCCCCCC(O)C(=O)NC(COC1OC(CO)C(O)C(OS(=O)(=O)O)C1O)C(O)/C=C/CCCCCC. The third kappa shape index (κ3) is 20.7. The molecule has 1 saturated heterocycles. The van der Waals surface area contributed by atoms with Crippen molar-refractivity contribution in [2.45, 2.75) is 166 Å². The minimum atomic E-state index is -5.11. The van der Waals surface area contributed by atoms with Crippen LogP contribution in [-0.4, -0.2) is 107 Å². The summed E-state index contributed by atoms with van der Waals surface area (Å²) in [5.74, 6) is -0.724. The number of carbonyl (C=O) groups is 1. The number of ether oxygens (including phenoxy) is 2. The summed E-state index contributed by atoms with van der Waals surface area (Å²) in [6.45, 7) is 3.02. The summed E-state index contributed by atoms with van der Waals surface area (Å²) >= 11 is 0. The minimum Gasteiger partial charge on any atom is -0.394 e. The van der Waals surface area contributed by atoms with Gasteiger partial charge in [0.1, 0.15) is 30.5 Å². The van der Waals surface area contributed by atoms with Crippen LogP contribution in [0.3, 0.4) is 0 Å². The Balaban J connectivity index is 2.67. The molecule has 0 radical (unpaired) electrons. The molecule has 1 aliphatic heterocycles. The van der Waals surface area contributed by atoms with Gasteiger partial charge in [-0.2, -0.15) is 8.42 Å². The Morgan fingerprint density at radius 3 is 2.00 bits per heavy atom. The summed E-state index contributed by atoms with van der Waals surface area (Å²) in [5.41, 5.74) is 0. The first-order chi connectivity index (χ1) is 23.4. The molecular formula is C35H63NO12S. The van der Waals surface area contributed by atoms with E-state index in [2.05, 4.69) is 47.7 Å². The van der Waals surface area contributed by atoms with Crippen LogP contribution in [0.5, 0.6) is 0 Å². The van der Waals surface area contributed by atoms with E-state index >= 15 is 0 Å². The fourth-order valence-electron chi connectivity index (χ4n) is 5.33. The van der Waals surface area contributed by atoms with Crippen molar-refractivity contribution < 1.29 is 57.0 Å². The third-order valence-corrected chi connectivity index (χ3v) is 8.77. The Hall–Kier alpha value is -1.72. The number of unbranched alkanes of at least 4 members (excludes halogenated alkanes) is 12. The van der Waals surface area contributed by atoms with Crippen molar-refractivity contribution in [2.24, 2.45) is 0 Å². The van der Waals surface area contributed by atoms with E-state index in [0.717, 1.165) is 64.2 Å². The first-order valence-corrected chi connectivity index (χ1v) is 19.4. The van der Waals surface area contributed by atoms with Gasteiger partial charge in [-0.15, -0.1) is 0 Å². The normalized spacial score (nSPS) is 23.8. The molecule has 0 bridgehead atoms. The number of hydrogen-bond acceptors (Lipinski definition) is 11. The van der Waals surface area contributed by atoms with Crippen LogP contribution in [0.25, 0.3) is 0 Å². The summed E-state index contributed by atoms with van der Waals surface area (Å²) in [6, 6.07) is -1.12. The van der Waals surface area contributed by atoms with Crippen LogP contribution in [0, 0.1) is 0 Å². The number of allylic oxidation sites excluding steroid dienone is 5. The van der Waals surface area contributed by atoms with Gasteiger partial charge in [-0.25, -0.2) is 4.18 Å². The number of amides is 1. The maximum absolute atomic E-state index is 12.9. The van der Waals surface area contributed by atoms with Gasteiger partial charge in [-0.3, -0.25) is 9.35 Å². The number of rotatable bonds is 28. The molecule has 1 fully saturated rings. The van der Waals surface area contributed by atoms with Crippen LogP contribution >= 0.6 is 0 Å². The molecule has 1 rings (SSSR count). The molecule has 0 spiro atoms. The summed E-state index contributed by atoms with van der Waals surface area (Å²) in [7, 11) is -5.11. The number of hydrogen-bond donors (Lipinski definition) is 7. The van der Waals surface area contributed by atoms with Crippen molar-refractivity contribution in [1.29, 1.82) is 0 Å². The summed E-state index contributed by atoms with van der Waals surface area (Å²) in [4.78, 5) is 12.9. The van der Waals surface area contributed by atoms with E-state index in [4.69, 9.17) is 14.0 Å². The molecule has 286 valence electrons. The van der Waals surface area contributed by atoms with Gasteiger partial charge in [0, 0.05) is 0 Å². The van der Waals surface area contributed by atoms with Crippen LogP contribution in [0.15, 0.2) is 36.5 Å². The number of carbonyl (C=O) groups excluding carboxylic acids is 1. The van der Waals surface area contributed by atoms with Crippen LogP contribution in [0.2, 0.25) is 0 Å². The Kier molecular flexibility index (Phi) is 25.0. The van der Waals surface area contributed by atoms with E-state index in [-0.39, 0.29) is 6.42 Å². The molecule has 0 aromatic rings. The van der Waals surface area contributed by atoms with Gasteiger partial charge in [0.25, 0.3) is 0 Å². The predicted octanol–water partition coefficient (Wildman–Crippen LogP) is 3.79. The summed E-state index contributed by atoms with van der Waals surface area (Å²) in [6.07, 6.45) is 15.8. The zero-order valence-electron chi connectivity index (χ0n) is 29.4. The van der Waals surface area contributed by atoms with Crippen molar-refractivity contribution in [2.75, 3.05) is 13.2 Å². The lowest BCUT2D eigenvalue weighted by Crippen LogP contribution is -2.61. The Bertz CT molecular complexity index is 1050. The number of aliphatic hydroxyl groups is 5. The molecule has 0 aliphatic carbocycles. The van der Waals surface area contributed by atoms with Crippen molar-refractivity contribution in [3.8, 4) is 0 Å². The molecule has 0 aromatic carbocycles. The molecule has 8 unspecified atom stereocenters. The van der Waals surface area contributed by atoms with Crippen molar-refractivity contribution in [3.63, 3.8) is 0 Å². The molecule has 1 aliphatic rings. The maximum Gasteiger partial charge on any atom is 0.397 e. The van der Waals surface area contributed by atoms with Crippen LogP contribution in [0.4, 0.5) is 0 Å². The standard InChI is InChI=1S/C35H63NO12S/c1-3-5-7-9-11-12-13-14-15-16-17-18-20-22-24-29(39)34(42)36-27(28(38)23-21-19-10-8-6-4-2)26-46-35-32(41)33(48-49(43,44)45)31(40)30(25-37)47-35/h11-14,21,23,27-33,35,37-41H,3-10,15-20,22,24-26H2,1-2H3,(H,36,42)(H,43,44,45)/b12-11-,14-13-,23-21+. The Morgan fingerprint density at radius 1 is 0.837 bits per heavy atom. The zero-order valence-corrected chi connectivity index (χ0v) is 30.2. The summed E-state index contributed by atoms with van der Waals surface area (Å²) < 4.78 is 47.0. The second kappa shape index (κ2) is 27.0. The zero-order chi connectivity index (χ0) is 36.5. The fraction of sp³-hybridized carbons (Fsp3) is 0.800. The molecule has 13 nitrogen and oxygen atoms in total. The number of nitrogens with one attached hydrogen (secondary N) is 1. The lowest BCUT2D eigenvalue weighted by Gasteiger charge is -2.41. The minimum absolute atomic E-state index is 0.223. The molecular weight excluding hydrogens is 658 g/mol. The highest BCUT2D eigenvalue weighted by Crippen LogP contribution is 2.26. The summed E-state index contributed by atoms with van der Waals surface area (Å²) in [5, 5.41) is 54.5. The van der Waals surface area contributed by atoms with E-state index < -0.39 is 78.5 Å². The Morgan fingerprint density at radius 2 is 1.39 bits per heavy atom. The second-order valence-electron chi connectivity index (χ2n) is 12.6. The van der Waals surface area contributed by atoms with Crippen LogP contribution in [-0.2, 0) is 28.9 Å². The highest BCUT2D eigenvalue weighted by molar-refractivity contribution is 7.80. The van der Waals surface area contributed by atoms with Crippen molar-refractivity contribution in [3.05, 3.63) is 36.5 Å². The monoisotopic (exact) mass is 721 g/mol. The average Bonchev–Trinajstić information content (AvgIpc) is 3.06. The van der Waals surface area contributed by atoms with E-state index in [1.54, 1.807) is 6.08 Å². The fourth-order valence-corrected chi connectivity index (χ4v) is 5.84. The van der Waals surface area contributed by atoms with Crippen molar-refractivity contribution in [1.82, 2.24) is 5.32 Å². The first-order valence-electron chi connectivity index (χ1n) is 18.0. The molecule has 0 saturated carbocycles. The molecule has 0 aromatic heterocycles. The number of aliphatic hydroxyl groups excluding tert-OH is 5. The van der Waals surface area contributed by atoms with E-state index in [0.29, 0.717) is 12.8 Å². The lowest BCUT2D eigenvalue weighted by atomic mass is 9.99. The van der Waals surface area contributed by atoms with Gasteiger partial charge in [0.2, 0.25) is 5.91 Å². The van der Waals surface area contributed by atoms with Crippen LogP contribution < -0.4 is 5.32 Å². The first kappa shape index (κ1) is 45.3. The van der Waals surface area contributed by atoms with Gasteiger partial charge in [0.05, 0.1) is 25.4 Å². The van der Waals surface area contributed by atoms with E-state index in [1.807, 2.05) is 0 Å². The van der Waals surface area contributed by atoms with Crippen molar-refractivity contribution >= 4 is 16.3 Å². The predicted molar refractivity (Wildman–Crippen MR) is 187 cm³/mol. The molecule has 49 heavy (non-hydrogen) atoms. The van der Waals surface area contributed by atoms with Crippen LogP contribution in [0.1, 0.15) is 117 Å². The molecule has 1 amide bonds. The van der Waals surface area contributed by atoms with Gasteiger partial charge in [-0.1, -0.05) is 108 Å². The maximum atomic E-state index is 12.9. The molecule has 14 heteroatoms. The quantitative estimate of drug-likeness (QED) is 0.0266. The van der Waals surface area contributed by atoms with Gasteiger partial charge in [0.15, 0.2) is 6.29 Å². The van der Waals surface area contributed by atoms with E-state index in [9.17, 15) is 38.7 Å². The van der Waals surface area contributed by atoms with E-state index in [1.165, 1.54) is 25.3 Å². The highest BCUT2D eigenvalue weighted by atomic mass is 32.3. The van der Waals surface area contributed by atoms with Gasteiger partial charge < -0.3 is 40.3 Å². The smallest absolute Gasteiger partial charge is 0.394 e. The highest BCUT2D eigenvalue weighted by Gasteiger charge is 2.48. The third-order valence-electron chi connectivity index (χ3n) is 8.30. The van der Waals surface area contributed by atoms with Gasteiger partial charge >= 0.3 is 10.4 Å². The topological polar surface area (TPSA) is 212 Å². The largest absolute Gasteiger partial charge is 0.397 e. The molecule has 7 N–H and O–H groups in total. The lowest BCUT2D eigenvalue weighted by molar-refractivity contribution is -0.298.